The van der Waals surface area contributed by atoms with Gasteiger partial charge in [-0.25, -0.2) is 0 Å². The maximum Gasteiger partial charge on any atom is 0.0772 e. The first kappa shape index (κ1) is 16.3. The number of nitrogens with zero attached hydrogens (tertiary/aromatic N) is 1. The van der Waals surface area contributed by atoms with Crippen molar-refractivity contribution in [2.75, 3.05) is 25.1 Å². The third-order valence-electron chi connectivity index (χ3n) is 4.51. The minimum atomic E-state index is 0.348. The molecule has 0 amide bonds. The molecular formula is C18H30N2O. The molecule has 1 aliphatic heterocycles. The molecule has 1 N–H and O–H groups in total. The van der Waals surface area contributed by atoms with Gasteiger partial charge >= 0.3 is 0 Å². The summed E-state index contributed by atoms with van der Waals surface area (Å²) in [6.07, 6.45) is 1.55. The van der Waals surface area contributed by atoms with Gasteiger partial charge in [0.25, 0.3) is 0 Å². The van der Waals surface area contributed by atoms with Crippen molar-refractivity contribution in [1.82, 2.24) is 5.32 Å². The number of methoxy groups -OCH3 is 1. The zero-order valence-corrected chi connectivity index (χ0v) is 14.1. The van der Waals surface area contributed by atoms with E-state index in [-0.39, 0.29) is 0 Å². The van der Waals surface area contributed by atoms with Gasteiger partial charge in [-0.05, 0) is 36.5 Å². The maximum atomic E-state index is 5.63. The Morgan fingerprint density at radius 2 is 2.14 bits per heavy atom. The normalized spacial score (nSPS) is 22.9. The van der Waals surface area contributed by atoms with Gasteiger partial charge in [0, 0.05) is 38.5 Å². The van der Waals surface area contributed by atoms with Crippen LogP contribution in [0.4, 0.5) is 5.69 Å². The number of hydrogen-bond donors (Lipinski definition) is 1. The number of nitrogens with one attached hydrogen (secondary N) is 1. The summed E-state index contributed by atoms with van der Waals surface area (Å²) in [5.74, 6) is 0.654. The van der Waals surface area contributed by atoms with Gasteiger partial charge < -0.3 is 15.0 Å². The summed E-state index contributed by atoms with van der Waals surface area (Å²) in [5, 5.41) is 3.48. The molecular weight excluding hydrogens is 260 g/mol. The lowest BCUT2D eigenvalue weighted by Crippen LogP contribution is -2.44. The number of benzene rings is 1. The van der Waals surface area contributed by atoms with Crippen LogP contribution in [0.1, 0.15) is 38.3 Å². The van der Waals surface area contributed by atoms with Crippen LogP contribution in [0.15, 0.2) is 18.2 Å². The fraction of sp³-hybridized carbons (Fsp3) is 0.667. The van der Waals surface area contributed by atoms with Gasteiger partial charge in [-0.2, -0.15) is 0 Å². The molecule has 0 aromatic heterocycles. The molecule has 3 heteroatoms. The van der Waals surface area contributed by atoms with E-state index in [1.54, 1.807) is 0 Å². The maximum absolute atomic E-state index is 5.63. The van der Waals surface area contributed by atoms with E-state index in [2.05, 4.69) is 56.1 Å². The van der Waals surface area contributed by atoms with E-state index >= 15 is 0 Å². The monoisotopic (exact) mass is 290 g/mol. The number of ether oxygens (including phenoxy) is 1. The Morgan fingerprint density at radius 3 is 2.76 bits per heavy atom. The van der Waals surface area contributed by atoms with Crippen LogP contribution in [-0.4, -0.2) is 32.3 Å². The molecule has 0 saturated carbocycles. The highest BCUT2D eigenvalue weighted by molar-refractivity contribution is 5.55. The fourth-order valence-corrected chi connectivity index (χ4v) is 3.06. The Kier molecular flexibility index (Phi) is 5.65. The van der Waals surface area contributed by atoms with Crippen molar-refractivity contribution >= 4 is 5.69 Å². The Labute approximate surface area is 129 Å². The molecule has 1 fully saturated rings. The van der Waals surface area contributed by atoms with Crippen LogP contribution >= 0.6 is 0 Å². The zero-order chi connectivity index (χ0) is 15.4. The second-order valence-electron chi connectivity index (χ2n) is 6.64. The van der Waals surface area contributed by atoms with Gasteiger partial charge in [-0.15, -0.1) is 0 Å². The van der Waals surface area contributed by atoms with Crippen LogP contribution in [0, 0.1) is 12.8 Å². The molecule has 21 heavy (non-hydrogen) atoms. The van der Waals surface area contributed by atoms with Crippen molar-refractivity contribution in [3.8, 4) is 0 Å². The zero-order valence-electron chi connectivity index (χ0n) is 14.1. The molecule has 3 nitrogen and oxygen atoms in total. The molecule has 1 aromatic rings. The molecule has 0 bridgehead atoms. The highest BCUT2D eigenvalue weighted by atomic mass is 16.5. The van der Waals surface area contributed by atoms with Crippen molar-refractivity contribution < 1.29 is 4.74 Å². The van der Waals surface area contributed by atoms with E-state index in [4.69, 9.17) is 4.74 Å². The third-order valence-corrected chi connectivity index (χ3v) is 4.51. The van der Waals surface area contributed by atoms with Gasteiger partial charge in [0.05, 0.1) is 6.10 Å². The van der Waals surface area contributed by atoms with Crippen LogP contribution in [-0.2, 0) is 11.3 Å². The van der Waals surface area contributed by atoms with Crippen molar-refractivity contribution in [3.63, 3.8) is 0 Å². The van der Waals surface area contributed by atoms with Gasteiger partial charge in [0.1, 0.15) is 0 Å². The lowest BCUT2D eigenvalue weighted by molar-refractivity contribution is 0.0498. The molecule has 0 spiro atoms. The summed E-state index contributed by atoms with van der Waals surface area (Å²) in [6, 6.07) is 7.35. The highest BCUT2D eigenvalue weighted by Gasteiger charge is 2.26. The van der Waals surface area contributed by atoms with E-state index in [1.165, 1.54) is 23.2 Å². The van der Waals surface area contributed by atoms with Gasteiger partial charge in [-0.1, -0.05) is 32.9 Å². The lowest BCUT2D eigenvalue weighted by atomic mass is 9.94. The van der Waals surface area contributed by atoms with Crippen molar-refractivity contribution in [1.29, 1.82) is 0 Å². The summed E-state index contributed by atoms with van der Waals surface area (Å²) in [5.41, 5.74) is 4.08. The average Bonchev–Trinajstić information content (AvgIpc) is 2.46. The van der Waals surface area contributed by atoms with Crippen LogP contribution in [0.3, 0.4) is 0 Å². The molecule has 1 saturated heterocycles. The van der Waals surface area contributed by atoms with Crippen LogP contribution in [0.5, 0.6) is 0 Å². The number of hydrogen-bond acceptors (Lipinski definition) is 3. The van der Waals surface area contributed by atoms with E-state index in [1.807, 2.05) is 7.11 Å². The number of aryl methyl sites for hydroxylation is 1. The second kappa shape index (κ2) is 7.28. The van der Waals surface area contributed by atoms with Gasteiger partial charge in [-0.3, -0.25) is 0 Å². The molecule has 2 unspecified atom stereocenters. The molecule has 0 aliphatic carbocycles. The summed E-state index contributed by atoms with van der Waals surface area (Å²) in [7, 11) is 1.83. The molecule has 1 heterocycles. The predicted molar refractivity (Wildman–Crippen MR) is 89.9 cm³/mol. The number of anilines is 1. The molecule has 1 aliphatic rings. The predicted octanol–water partition coefficient (Wildman–Crippen LogP) is 3.35. The fourth-order valence-electron chi connectivity index (χ4n) is 3.06. The summed E-state index contributed by atoms with van der Waals surface area (Å²) >= 11 is 0. The quantitative estimate of drug-likeness (QED) is 0.900. The SMILES string of the molecule is COC1CN(c2ccc(CNC(C)C)cc2C)CCC1C. The largest absolute Gasteiger partial charge is 0.379 e. The smallest absolute Gasteiger partial charge is 0.0772 e. The van der Waals surface area contributed by atoms with Crippen molar-refractivity contribution in [2.45, 2.75) is 52.8 Å². The Balaban J connectivity index is 2.06. The van der Waals surface area contributed by atoms with Crippen molar-refractivity contribution in [3.05, 3.63) is 29.3 Å². The molecule has 1 aromatic carbocycles. The van der Waals surface area contributed by atoms with E-state index in [9.17, 15) is 0 Å². The third kappa shape index (κ3) is 4.21. The van der Waals surface area contributed by atoms with Gasteiger partial charge in [0.15, 0.2) is 0 Å². The topological polar surface area (TPSA) is 24.5 Å². The Morgan fingerprint density at radius 1 is 1.38 bits per heavy atom. The Bertz CT molecular complexity index is 459. The molecule has 118 valence electrons. The first-order valence-corrected chi connectivity index (χ1v) is 8.12. The Hall–Kier alpha value is -1.06. The minimum absolute atomic E-state index is 0.348. The van der Waals surface area contributed by atoms with Crippen LogP contribution in [0.25, 0.3) is 0 Å². The van der Waals surface area contributed by atoms with Crippen molar-refractivity contribution in [2.24, 2.45) is 5.92 Å². The van der Waals surface area contributed by atoms with Crippen LogP contribution in [0.2, 0.25) is 0 Å². The summed E-state index contributed by atoms with van der Waals surface area (Å²) in [4.78, 5) is 2.48. The van der Waals surface area contributed by atoms with E-state index in [0.29, 0.717) is 18.1 Å². The first-order chi connectivity index (χ1) is 10.0. The number of piperidine rings is 1. The number of rotatable bonds is 5. The molecule has 0 radical (unpaired) electrons. The molecule has 2 atom stereocenters. The van der Waals surface area contributed by atoms with Crippen LogP contribution < -0.4 is 10.2 Å². The van der Waals surface area contributed by atoms with Gasteiger partial charge in [0.2, 0.25) is 0 Å². The standard InChI is InChI=1S/C18H30N2O/c1-13(2)19-11-16-6-7-17(15(4)10-16)20-9-8-14(3)18(12-20)21-5/h6-7,10,13-14,18-19H,8-9,11-12H2,1-5H3. The first-order valence-electron chi connectivity index (χ1n) is 8.12. The minimum Gasteiger partial charge on any atom is -0.379 e. The summed E-state index contributed by atoms with van der Waals surface area (Å²) < 4.78 is 5.63. The molecule has 2 rings (SSSR count). The lowest BCUT2D eigenvalue weighted by Gasteiger charge is -2.38. The van der Waals surface area contributed by atoms with E-state index < -0.39 is 0 Å². The summed E-state index contributed by atoms with van der Waals surface area (Å²) in [6.45, 7) is 11.9. The average molecular weight is 290 g/mol. The van der Waals surface area contributed by atoms with E-state index in [0.717, 1.165) is 19.6 Å². The highest BCUT2D eigenvalue weighted by Crippen LogP contribution is 2.28. The second-order valence-corrected chi connectivity index (χ2v) is 6.64.